The molecular weight excluding hydrogens is 537 g/mol. The second-order valence-electron chi connectivity index (χ2n) is 12.2. The molecule has 6 nitrogen and oxygen atoms in total. The van der Waals surface area contributed by atoms with Crippen LogP contribution in [0.2, 0.25) is 0 Å². The van der Waals surface area contributed by atoms with E-state index in [-0.39, 0.29) is 22.6 Å². The average Bonchev–Trinajstić information content (AvgIpc) is 3.58. The van der Waals surface area contributed by atoms with Gasteiger partial charge in [-0.05, 0) is 61.2 Å². The predicted molar refractivity (Wildman–Crippen MR) is 161 cm³/mol. The van der Waals surface area contributed by atoms with Gasteiger partial charge in [0.15, 0.2) is 10.3 Å². The Morgan fingerprint density at radius 3 is 1.55 bits per heavy atom. The Morgan fingerprint density at radius 1 is 0.700 bits per heavy atom. The van der Waals surface area contributed by atoms with Crippen molar-refractivity contribution in [2.24, 2.45) is 22.7 Å². The van der Waals surface area contributed by atoms with Crippen LogP contribution in [0.5, 0.6) is 0 Å². The number of nitrogens with zero attached hydrogens (tertiary/aromatic N) is 2. The normalized spacial score (nSPS) is 26.5. The number of carbonyl (C=O) groups excluding carboxylic acids is 2. The van der Waals surface area contributed by atoms with Crippen LogP contribution in [0.1, 0.15) is 51.4 Å². The first-order valence-corrected chi connectivity index (χ1v) is 15.8. The Bertz CT molecular complexity index is 1400. The van der Waals surface area contributed by atoms with E-state index < -0.39 is 0 Å². The summed E-state index contributed by atoms with van der Waals surface area (Å²) < 4.78 is 0. The van der Waals surface area contributed by atoms with Crippen molar-refractivity contribution >= 4 is 44.8 Å². The van der Waals surface area contributed by atoms with E-state index in [1.807, 2.05) is 71.4 Å². The predicted octanol–water partition coefficient (Wildman–Crippen LogP) is 7.88. The van der Waals surface area contributed by atoms with Gasteiger partial charge in [0.2, 0.25) is 11.8 Å². The Hall–Kier alpha value is -3.36. The van der Waals surface area contributed by atoms with Gasteiger partial charge >= 0.3 is 0 Å². The number of thiazole rings is 2. The SMILES string of the molecule is O=C(CC12CC3CC(C1)CC(CC(=O)Nc1nc(-c4ccccc4)cs1)(C3)C2)Nc1nc(-c2ccccc2)cs1. The quantitative estimate of drug-likeness (QED) is 0.226. The fourth-order valence-electron chi connectivity index (χ4n) is 8.22. The van der Waals surface area contributed by atoms with E-state index in [9.17, 15) is 9.59 Å². The zero-order valence-corrected chi connectivity index (χ0v) is 23.9. The lowest BCUT2D eigenvalue weighted by molar-refractivity contribution is -0.142. The Balaban J connectivity index is 1.01. The third kappa shape index (κ3) is 5.22. The van der Waals surface area contributed by atoms with Gasteiger partial charge in [0.1, 0.15) is 0 Å². The third-order valence-electron chi connectivity index (χ3n) is 9.01. The number of aromatic nitrogens is 2. The van der Waals surface area contributed by atoms with Gasteiger partial charge in [-0.3, -0.25) is 9.59 Å². The van der Waals surface area contributed by atoms with Crippen LogP contribution in [-0.2, 0) is 9.59 Å². The molecule has 4 fully saturated rings. The summed E-state index contributed by atoms with van der Waals surface area (Å²) in [7, 11) is 0. The lowest BCUT2D eigenvalue weighted by Gasteiger charge is -2.62. The molecule has 2 aromatic carbocycles. The average molecular weight is 569 g/mol. The summed E-state index contributed by atoms with van der Waals surface area (Å²) in [6.07, 6.45) is 7.61. The van der Waals surface area contributed by atoms with Gasteiger partial charge in [-0.15, -0.1) is 22.7 Å². The molecule has 2 aromatic heterocycles. The monoisotopic (exact) mass is 568 g/mol. The van der Waals surface area contributed by atoms with E-state index in [0.29, 0.717) is 34.9 Å². The van der Waals surface area contributed by atoms with Crippen molar-refractivity contribution in [3.63, 3.8) is 0 Å². The lowest BCUT2D eigenvalue weighted by Crippen LogP contribution is -2.53. The summed E-state index contributed by atoms with van der Waals surface area (Å²) in [5, 5.41) is 11.5. The molecule has 4 aliphatic carbocycles. The number of hydrogen-bond donors (Lipinski definition) is 2. The molecule has 4 aromatic rings. The maximum absolute atomic E-state index is 13.3. The molecule has 2 N–H and O–H groups in total. The highest BCUT2D eigenvalue weighted by atomic mass is 32.1. The fraction of sp³-hybridized carbons (Fsp3) is 0.375. The Morgan fingerprint density at radius 2 is 1.12 bits per heavy atom. The van der Waals surface area contributed by atoms with Crippen LogP contribution >= 0.6 is 22.7 Å². The van der Waals surface area contributed by atoms with Crippen LogP contribution in [0.3, 0.4) is 0 Å². The van der Waals surface area contributed by atoms with Crippen LogP contribution in [-0.4, -0.2) is 21.8 Å². The number of amides is 2. The zero-order valence-electron chi connectivity index (χ0n) is 22.3. The van der Waals surface area contributed by atoms with Gasteiger partial charge in [0.25, 0.3) is 0 Å². The van der Waals surface area contributed by atoms with Crippen LogP contribution in [0.15, 0.2) is 71.4 Å². The molecule has 0 unspecified atom stereocenters. The topological polar surface area (TPSA) is 84.0 Å². The highest BCUT2D eigenvalue weighted by molar-refractivity contribution is 7.14. The minimum absolute atomic E-state index is 0.0182. The van der Waals surface area contributed by atoms with Crippen molar-refractivity contribution in [1.29, 1.82) is 0 Å². The van der Waals surface area contributed by atoms with Gasteiger partial charge in [-0.25, -0.2) is 9.97 Å². The summed E-state index contributed by atoms with van der Waals surface area (Å²) in [5.74, 6) is 1.31. The van der Waals surface area contributed by atoms with Crippen LogP contribution in [0, 0.1) is 22.7 Å². The number of benzene rings is 2. The molecule has 4 saturated carbocycles. The van der Waals surface area contributed by atoms with Crippen molar-refractivity contribution in [2.45, 2.75) is 51.4 Å². The van der Waals surface area contributed by atoms with Crippen LogP contribution in [0.25, 0.3) is 22.5 Å². The highest BCUT2D eigenvalue weighted by Gasteiger charge is 2.58. The van der Waals surface area contributed by atoms with E-state index in [4.69, 9.17) is 0 Å². The highest BCUT2D eigenvalue weighted by Crippen LogP contribution is 2.67. The molecule has 40 heavy (non-hydrogen) atoms. The van der Waals surface area contributed by atoms with E-state index in [1.54, 1.807) is 0 Å². The first-order valence-electron chi connectivity index (χ1n) is 14.1. The molecular formula is C32H32N4O2S2. The minimum atomic E-state index is -0.0182. The van der Waals surface area contributed by atoms with Gasteiger partial charge in [-0.1, -0.05) is 60.7 Å². The largest absolute Gasteiger partial charge is 0.302 e. The van der Waals surface area contributed by atoms with Gasteiger partial charge < -0.3 is 10.6 Å². The van der Waals surface area contributed by atoms with Gasteiger partial charge in [0.05, 0.1) is 11.4 Å². The molecule has 4 aliphatic rings. The Kier molecular flexibility index (Phi) is 6.55. The fourth-order valence-corrected chi connectivity index (χ4v) is 9.69. The summed E-state index contributed by atoms with van der Waals surface area (Å²) in [6, 6.07) is 20.1. The zero-order chi connectivity index (χ0) is 27.2. The van der Waals surface area contributed by atoms with E-state index >= 15 is 0 Å². The lowest BCUT2D eigenvalue weighted by atomic mass is 9.43. The van der Waals surface area contributed by atoms with Crippen molar-refractivity contribution in [3.05, 3.63) is 71.4 Å². The van der Waals surface area contributed by atoms with E-state index in [0.717, 1.165) is 54.6 Å². The number of anilines is 2. The van der Waals surface area contributed by atoms with Crippen molar-refractivity contribution in [1.82, 2.24) is 9.97 Å². The number of nitrogens with one attached hydrogen (secondary N) is 2. The van der Waals surface area contributed by atoms with Gasteiger partial charge in [-0.2, -0.15) is 0 Å². The van der Waals surface area contributed by atoms with Gasteiger partial charge in [0, 0.05) is 34.7 Å². The van der Waals surface area contributed by atoms with Crippen molar-refractivity contribution in [3.8, 4) is 22.5 Å². The Labute approximate surface area is 242 Å². The van der Waals surface area contributed by atoms with E-state index in [1.165, 1.54) is 29.1 Å². The molecule has 2 amide bonds. The van der Waals surface area contributed by atoms with E-state index in [2.05, 4.69) is 20.6 Å². The summed E-state index contributed by atoms with van der Waals surface area (Å²) in [5.41, 5.74) is 3.84. The molecule has 4 bridgehead atoms. The standard InChI is InChI=1S/C32H32N4O2S2/c37-27(35-29-33-25(18-39-29)23-7-3-1-4-8-23)16-31-12-21-11-22(13-31)15-32(14-21,20-31)17-28(38)36-30-34-26(19-40-30)24-9-5-2-6-10-24/h1-10,18-19,21-22H,11-17,20H2,(H,33,35,37)(H,34,36,38). The molecule has 8 heteroatoms. The second kappa shape index (κ2) is 10.2. The maximum Gasteiger partial charge on any atom is 0.226 e. The van der Waals surface area contributed by atoms with Crippen LogP contribution < -0.4 is 10.6 Å². The first-order chi connectivity index (χ1) is 19.4. The van der Waals surface area contributed by atoms with Crippen molar-refractivity contribution < 1.29 is 9.59 Å². The minimum Gasteiger partial charge on any atom is -0.302 e. The molecule has 0 radical (unpaired) electrons. The van der Waals surface area contributed by atoms with Crippen LogP contribution in [0.4, 0.5) is 10.3 Å². The van der Waals surface area contributed by atoms with Crippen molar-refractivity contribution in [2.75, 3.05) is 10.6 Å². The summed E-state index contributed by atoms with van der Waals surface area (Å²) >= 11 is 2.95. The first kappa shape index (κ1) is 25.6. The number of rotatable bonds is 8. The molecule has 0 spiro atoms. The number of hydrogen-bond acceptors (Lipinski definition) is 6. The second-order valence-corrected chi connectivity index (χ2v) is 13.9. The third-order valence-corrected chi connectivity index (χ3v) is 10.5. The maximum atomic E-state index is 13.3. The number of carbonyl (C=O) groups is 2. The summed E-state index contributed by atoms with van der Waals surface area (Å²) in [6.45, 7) is 0. The molecule has 2 heterocycles. The summed E-state index contributed by atoms with van der Waals surface area (Å²) in [4.78, 5) is 35.9. The molecule has 8 rings (SSSR count). The molecule has 0 saturated heterocycles. The molecule has 204 valence electrons. The molecule has 0 aliphatic heterocycles. The molecule has 0 atom stereocenters. The smallest absolute Gasteiger partial charge is 0.226 e.